The van der Waals surface area contributed by atoms with Crippen LogP contribution in [0.4, 0.5) is 5.69 Å². The highest BCUT2D eigenvalue weighted by molar-refractivity contribution is 7.99. The molecule has 2 aliphatic heterocycles. The number of nitrogens with zero attached hydrogens (tertiary/aromatic N) is 5. The van der Waals surface area contributed by atoms with Crippen LogP contribution in [0.25, 0.3) is 0 Å². The van der Waals surface area contributed by atoms with E-state index in [4.69, 9.17) is 0 Å². The molecule has 0 aromatic heterocycles. The van der Waals surface area contributed by atoms with Crippen LogP contribution in [0.1, 0.15) is 36.5 Å². The highest BCUT2D eigenvalue weighted by Gasteiger charge is 2.29. The average Bonchev–Trinajstić information content (AvgIpc) is 2.84. The minimum absolute atomic E-state index is 0.140. The normalized spacial score (nSPS) is 19.9. The Kier molecular flexibility index (Phi) is 9.14. The first-order chi connectivity index (χ1) is 16.5. The molecule has 0 atom stereocenters. The molecule has 1 aromatic carbocycles. The lowest BCUT2D eigenvalue weighted by atomic mass is 9.91. The number of likely N-dealkylation sites (N-methyl/N-ethyl adjacent to an activating group) is 2. The molecule has 188 valence electrons. The Bertz CT molecular complexity index is 802. The number of benzene rings is 1. The number of thioether (sulfide) groups is 1. The van der Waals surface area contributed by atoms with Crippen LogP contribution >= 0.6 is 11.8 Å². The molecule has 8 heteroatoms. The molecule has 7 nitrogen and oxygen atoms in total. The van der Waals surface area contributed by atoms with Gasteiger partial charge in [-0.15, -0.1) is 0 Å². The Balaban J connectivity index is 1.21. The molecule has 2 amide bonds. The summed E-state index contributed by atoms with van der Waals surface area (Å²) in [5.74, 6) is 2.44. The van der Waals surface area contributed by atoms with Crippen LogP contribution in [-0.2, 0) is 4.79 Å². The fourth-order valence-corrected chi connectivity index (χ4v) is 5.93. The summed E-state index contributed by atoms with van der Waals surface area (Å²) in [7, 11) is 2.04. The van der Waals surface area contributed by atoms with E-state index in [0.717, 1.165) is 87.7 Å². The van der Waals surface area contributed by atoms with E-state index in [2.05, 4.69) is 33.8 Å². The Morgan fingerprint density at radius 2 is 1.62 bits per heavy atom. The number of carbonyl (C=O) groups is 2. The van der Waals surface area contributed by atoms with Crippen LogP contribution in [0.2, 0.25) is 0 Å². The number of piperazine rings is 1. The predicted octanol–water partition coefficient (Wildman–Crippen LogP) is 2.33. The highest BCUT2D eigenvalue weighted by Crippen LogP contribution is 2.25. The van der Waals surface area contributed by atoms with Crippen LogP contribution in [0.5, 0.6) is 0 Å². The van der Waals surface area contributed by atoms with Crippen molar-refractivity contribution in [2.75, 3.05) is 88.9 Å². The van der Waals surface area contributed by atoms with Gasteiger partial charge in [0.1, 0.15) is 0 Å². The molecule has 4 rings (SSSR count). The lowest BCUT2D eigenvalue weighted by molar-refractivity contribution is -0.134. The number of amides is 2. The molecular weight excluding hydrogens is 446 g/mol. The van der Waals surface area contributed by atoms with Crippen molar-refractivity contribution in [3.8, 4) is 0 Å². The van der Waals surface area contributed by atoms with Crippen molar-refractivity contribution in [3.63, 3.8) is 0 Å². The van der Waals surface area contributed by atoms with Crippen molar-refractivity contribution in [2.45, 2.75) is 32.2 Å². The van der Waals surface area contributed by atoms with Crippen molar-refractivity contribution in [1.82, 2.24) is 19.6 Å². The van der Waals surface area contributed by atoms with E-state index in [9.17, 15) is 9.59 Å². The molecule has 3 aliphatic rings. The largest absolute Gasteiger partial charge is 0.371 e. The van der Waals surface area contributed by atoms with Crippen molar-refractivity contribution in [3.05, 3.63) is 29.8 Å². The third-order valence-corrected chi connectivity index (χ3v) is 8.52. The summed E-state index contributed by atoms with van der Waals surface area (Å²) in [6.45, 7) is 10.7. The van der Waals surface area contributed by atoms with Crippen LogP contribution in [0, 0.1) is 0 Å². The molecule has 0 bridgehead atoms. The second-order valence-electron chi connectivity index (χ2n) is 9.77. The van der Waals surface area contributed by atoms with Crippen molar-refractivity contribution >= 4 is 29.3 Å². The van der Waals surface area contributed by atoms with Gasteiger partial charge in [-0.1, -0.05) is 6.42 Å². The molecule has 0 spiro atoms. The summed E-state index contributed by atoms with van der Waals surface area (Å²) < 4.78 is 0. The third-order valence-electron chi connectivity index (χ3n) is 7.57. The lowest BCUT2D eigenvalue weighted by Crippen LogP contribution is -2.55. The topological polar surface area (TPSA) is 50.3 Å². The van der Waals surface area contributed by atoms with Crippen LogP contribution in [-0.4, -0.2) is 121 Å². The quantitative estimate of drug-likeness (QED) is 0.533. The molecule has 34 heavy (non-hydrogen) atoms. The first kappa shape index (κ1) is 25.3. The first-order valence-corrected chi connectivity index (χ1v) is 14.1. The maximum absolute atomic E-state index is 12.8. The predicted molar refractivity (Wildman–Crippen MR) is 141 cm³/mol. The van der Waals surface area contributed by atoms with E-state index in [1.165, 1.54) is 19.3 Å². The van der Waals surface area contributed by atoms with Crippen LogP contribution in [0.15, 0.2) is 24.3 Å². The summed E-state index contributed by atoms with van der Waals surface area (Å²) in [5.41, 5.74) is 1.90. The van der Waals surface area contributed by atoms with Crippen molar-refractivity contribution in [2.24, 2.45) is 0 Å². The summed E-state index contributed by atoms with van der Waals surface area (Å²) in [4.78, 5) is 36.5. The SMILES string of the molecule is CCN(CCN(C)CC(=O)N1CCN(C2CCC2)CC1)c1ccc(C(=O)N2CCSCC2)cc1. The lowest BCUT2D eigenvalue weighted by Gasteiger charge is -2.43. The molecule has 0 radical (unpaired) electrons. The zero-order valence-electron chi connectivity index (χ0n) is 21.0. The maximum atomic E-state index is 12.8. The smallest absolute Gasteiger partial charge is 0.253 e. The molecule has 3 fully saturated rings. The minimum atomic E-state index is 0.140. The third kappa shape index (κ3) is 6.46. The standard InChI is InChI=1S/C26H41N5O2S/c1-3-28(24-9-7-22(8-10-24)26(33)31-17-19-34-20-18-31)12-11-27(2)21-25(32)30-15-13-29(14-16-30)23-5-4-6-23/h7-10,23H,3-6,11-21H2,1-2H3. The summed E-state index contributed by atoms with van der Waals surface area (Å²) >= 11 is 1.91. The Labute approximate surface area is 209 Å². The Morgan fingerprint density at radius 1 is 0.941 bits per heavy atom. The van der Waals surface area contributed by atoms with Crippen molar-refractivity contribution < 1.29 is 9.59 Å². The van der Waals surface area contributed by atoms with E-state index in [1.54, 1.807) is 0 Å². The van der Waals surface area contributed by atoms with Gasteiger partial charge < -0.3 is 14.7 Å². The van der Waals surface area contributed by atoms with E-state index in [-0.39, 0.29) is 11.8 Å². The molecule has 1 aromatic rings. The number of hydrogen-bond donors (Lipinski definition) is 0. The van der Waals surface area contributed by atoms with E-state index in [0.29, 0.717) is 6.54 Å². The maximum Gasteiger partial charge on any atom is 0.253 e. The van der Waals surface area contributed by atoms with E-state index >= 15 is 0 Å². The second-order valence-corrected chi connectivity index (χ2v) is 11.0. The second kappa shape index (κ2) is 12.3. The molecule has 2 saturated heterocycles. The molecule has 1 saturated carbocycles. The van der Waals surface area contributed by atoms with Gasteiger partial charge in [-0.05, 0) is 51.1 Å². The van der Waals surface area contributed by atoms with E-state index < -0.39 is 0 Å². The summed E-state index contributed by atoms with van der Waals surface area (Å²) in [6.07, 6.45) is 4.03. The number of carbonyl (C=O) groups excluding carboxylic acids is 2. The van der Waals surface area contributed by atoms with Gasteiger partial charge in [-0.2, -0.15) is 11.8 Å². The number of hydrogen-bond acceptors (Lipinski definition) is 6. The van der Waals surface area contributed by atoms with Crippen molar-refractivity contribution in [1.29, 1.82) is 0 Å². The van der Waals surface area contributed by atoms with E-state index in [1.807, 2.05) is 40.7 Å². The van der Waals surface area contributed by atoms with Gasteiger partial charge in [0, 0.05) is 87.7 Å². The van der Waals surface area contributed by atoms with Crippen LogP contribution < -0.4 is 4.90 Å². The van der Waals surface area contributed by atoms with Gasteiger partial charge in [0.05, 0.1) is 6.54 Å². The van der Waals surface area contributed by atoms with Gasteiger partial charge in [0.15, 0.2) is 0 Å². The Hall–Kier alpha value is -1.77. The molecular formula is C26H41N5O2S. The molecule has 0 N–H and O–H groups in total. The summed E-state index contributed by atoms with van der Waals surface area (Å²) in [6, 6.07) is 8.80. The average molecular weight is 488 g/mol. The first-order valence-electron chi connectivity index (χ1n) is 13.0. The number of rotatable bonds is 9. The minimum Gasteiger partial charge on any atom is -0.371 e. The Morgan fingerprint density at radius 3 is 2.21 bits per heavy atom. The van der Waals surface area contributed by atoms with Gasteiger partial charge >= 0.3 is 0 Å². The zero-order valence-corrected chi connectivity index (χ0v) is 21.8. The van der Waals surface area contributed by atoms with Crippen LogP contribution in [0.3, 0.4) is 0 Å². The van der Waals surface area contributed by atoms with Gasteiger partial charge in [0.25, 0.3) is 5.91 Å². The summed E-state index contributed by atoms with van der Waals surface area (Å²) in [5, 5.41) is 0. The van der Waals surface area contributed by atoms with Gasteiger partial charge in [-0.3, -0.25) is 19.4 Å². The van der Waals surface area contributed by atoms with Gasteiger partial charge in [-0.25, -0.2) is 0 Å². The highest BCUT2D eigenvalue weighted by atomic mass is 32.2. The molecule has 0 unspecified atom stereocenters. The molecule has 2 heterocycles. The fraction of sp³-hybridized carbons (Fsp3) is 0.692. The molecule has 1 aliphatic carbocycles. The van der Waals surface area contributed by atoms with Gasteiger partial charge in [0.2, 0.25) is 5.91 Å². The monoisotopic (exact) mass is 487 g/mol. The zero-order chi connectivity index (χ0) is 23.9. The fourth-order valence-electron chi connectivity index (χ4n) is 5.02. The number of anilines is 1.